The smallest absolute Gasteiger partial charge is 0.164 e. The van der Waals surface area contributed by atoms with Crippen molar-refractivity contribution in [3.63, 3.8) is 0 Å². The first-order valence-corrected chi connectivity index (χ1v) is 26.3. The molecule has 12 aromatic rings. The van der Waals surface area contributed by atoms with E-state index >= 15 is 0 Å². The number of aromatic nitrogens is 4. The highest BCUT2D eigenvalue weighted by molar-refractivity contribution is 6.20. The van der Waals surface area contributed by atoms with Gasteiger partial charge in [0.25, 0.3) is 0 Å². The summed E-state index contributed by atoms with van der Waals surface area (Å²) in [4.78, 5) is 10.7. The highest BCUT2D eigenvalue weighted by atomic mass is 16.3. The standard InChI is InChI=1S/C69H63N5O/c1-66(2,3)44-26-30-56-50(35-44)51-36-45(67(4,5)6)27-31-57(51)73(56)60-34-43(40-70)62(74-58-32-28-46(68(7,8)9)37-52(58)53-38-47(69(10,11)12)29-33-59(53)74)61-48-24-19-25-49(63(48)75-64(60)61)65-71-54(41-20-15-13-16-21-41)39-55(72-65)42-22-17-14-18-23-42/h13-39H,1-12H3. The average molecular weight is 978 g/mol. The summed E-state index contributed by atoms with van der Waals surface area (Å²) in [6.07, 6.45) is 0. The molecule has 75 heavy (non-hydrogen) atoms. The van der Waals surface area contributed by atoms with E-state index < -0.39 is 0 Å². The van der Waals surface area contributed by atoms with Gasteiger partial charge in [-0.3, -0.25) is 0 Å². The summed E-state index contributed by atoms with van der Waals surface area (Å²) in [6, 6.07) is 61.3. The topological polar surface area (TPSA) is 72.6 Å². The zero-order valence-electron chi connectivity index (χ0n) is 45.2. The van der Waals surface area contributed by atoms with Gasteiger partial charge in [0.15, 0.2) is 11.4 Å². The first-order valence-electron chi connectivity index (χ1n) is 26.3. The molecule has 6 heteroatoms. The molecular formula is C69H63N5O. The van der Waals surface area contributed by atoms with Crippen molar-refractivity contribution >= 4 is 65.6 Å². The van der Waals surface area contributed by atoms with Crippen LogP contribution in [0.5, 0.6) is 0 Å². The van der Waals surface area contributed by atoms with Crippen molar-refractivity contribution in [3.8, 4) is 51.3 Å². The fourth-order valence-electron chi connectivity index (χ4n) is 11.1. The first kappa shape index (κ1) is 47.7. The lowest BCUT2D eigenvalue weighted by Gasteiger charge is -2.20. The lowest BCUT2D eigenvalue weighted by molar-refractivity contribution is 0.590. The highest BCUT2D eigenvalue weighted by Crippen LogP contribution is 2.48. The molecule has 0 saturated heterocycles. The summed E-state index contributed by atoms with van der Waals surface area (Å²) < 4.78 is 12.3. The number of nitrogens with zero attached hydrogens (tertiary/aromatic N) is 5. The van der Waals surface area contributed by atoms with E-state index in [-0.39, 0.29) is 21.7 Å². The second kappa shape index (κ2) is 16.9. The van der Waals surface area contributed by atoms with E-state index in [1.54, 1.807) is 0 Å². The van der Waals surface area contributed by atoms with Crippen LogP contribution in [0.4, 0.5) is 0 Å². The largest absolute Gasteiger partial charge is 0.453 e. The van der Waals surface area contributed by atoms with E-state index in [1.165, 1.54) is 22.3 Å². The maximum Gasteiger partial charge on any atom is 0.164 e. The Balaban J connectivity index is 1.25. The predicted octanol–water partition coefficient (Wildman–Crippen LogP) is 18.6. The number of para-hydroxylation sites is 1. The molecule has 0 bridgehead atoms. The van der Waals surface area contributed by atoms with Gasteiger partial charge >= 0.3 is 0 Å². The minimum Gasteiger partial charge on any atom is -0.453 e. The van der Waals surface area contributed by atoms with Crippen LogP contribution in [-0.2, 0) is 21.7 Å². The quantitative estimate of drug-likeness (QED) is 0.172. The van der Waals surface area contributed by atoms with Gasteiger partial charge in [-0.05, 0) is 111 Å². The molecule has 0 fully saturated rings. The summed E-state index contributed by atoms with van der Waals surface area (Å²) >= 11 is 0. The van der Waals surface area contributed by atoms with Crippen LogP contribution in [-0.4, -0.2) is 19.1 Å². The van der Waals surface area contributed by atoms with E-state index in [4.69, 9.17) is 14.4 Å². The van der Waals surface area contributed by atoms with Crippen LogP contribution in [0, 0.1) is 11.3 Å². The van der Waals surface area contributed by atoms with Crippen molar-refractivity contribution < 1.29 is 4.42 Å². The molecule has 0 aliphatic rings. The maximum absolute atomic E-state index is 11.8. The van der Waals surface area contributed by atoms with Gasteiger partial charge in [0.2, 0.25) is 0 Å². The zero-order valence-corrected chi connectivity index (χ0v) is 45.2. The number of furan rings is 1. The summed E-state index contributed by atoms with van der Waals surface area (Å²) in [5.74, 6) is 0.547. The Morgan fingerprint density at radius 3 is 1.23 bits per heavy atom. The van der Waals surface area contributed by atoms with Crippen LogP contribution >= 0.6 is 0 Å². The Hall–Kier alpha value is -8.27. The van der Waals surface area contributed by atoms with Crippen LogP contribution in [0.15, 0.2) is 168 Å². The molecule has 4 aromatic heterocycles. The lowest BCUT2D eigenvalue weighted by atomic mass is 9.85. The van der Waals surface area contributed by atoms with Gasteiger partial charge in [0.05, 0.1) is 61.3 Å². The summed E-state index contributed by atoms with van der Waals surface area (Å²) in [6.45, 7) is 27.2. The molecule has 12 rings (SSSR count). The van der Waals surface area contributed by atoms with E-state index in [2.05, 4.69) is 226 Å². The minimum absolute atomic E-state index is 0.0772. The summed E-state index contributed by atoms with van der Waals surface area (Å²) in [5.41, 5.74) is 16.6. The van der Waals surface area contributed by atoms with Crippen LogP contribution in [0.3, 0.4) is 0 Å². The van der Waals surface area contributed by atoms with Crippen molar-refractivity contribution in [2.45, 2.75) is 105 Å². The zero-order chi connectivity index (χ0) is 52.5. The minimum atomic E-state index is -0.0853. The fourth-order valence-corrected chi connectivity index (χ4v) is 11.1. The van der Waals surface area contributed by atoms with E-state index in [1.807, 2.05) is 36.4 Å². The maximum atomic E-state index is 11.8. The van der Waals surface area contributed by atoms with Gasteiger partial charge in [-0.1, -0.05) is 180 Å². The predicted molar refractivity (Wildman–Crippen MR) is 314 cm³/mol. The Morgan fingerprint density at radius 1 is 0.413 bits per heavy atom. The Bertz CT molecular complexity index is 4120. The molecule has 0 amide bonds. The van der Waals surface area contributed by atoms with E-state index in [0.717, 1.165) is 93.8 Å². The van der Waals surface area contributed by atoms with Crippen molar-refractivity contribution in [2.24, 2.45) is 0 Å². The van der Waals surface area contributed by atoms with Crippen LogP contribution in [0.1, 0.15) is 111 Å². The Morgan fingerprint density at radius 2 is 0.827 bits per heavy atom. The number of rotatable bonds is 5. The number of nitriles is 1. The molecule has 0 spiro atoms. The van der Waals surface area contributed by atoms with Gasteiger partial charge in [-0.2, -0.15) is 5.26 Å². The van der Waals surface area contributed by atoms with E-state index in [9.17, 15) is 5.26 Å². The van der Waals surface area contributed by atoms with E-state index in [0.29, 0.717) is 22.6 Å². The van der Waals surface area contributed by atoms with Crippen molar-refractivity contribution in [2.75, 3.05) is 0 Å². The van der Waals surface area contributed by atoms with Gasteiger partial charge in [-0.15, -0.1) is 0 Å². The average Bonchev–Trinajstić information content (AvgIpc) is 4.06. The second-order valence-electron chi connectivity index (χ2n) is 24.7. The number of hydrogen-bond acceptors (Lipinski definition) is 4. The number of benzene rings is 8. The molecule has 0 aliphatic heterocycles. The SMILES string of the molecule is CC(C)(C)c1ccc2c(c1)c1cc(C(C)(C)C)ccc1n2-c1cc(C#N)c(-n2c3ccc(C(C)(C)C)cc3c3cc(C(C)(C)C)ccc32)c2c1oc1c(-c3nc(-c4ccccc4)cc(-c4ccccc4)n3)cccc12. The number of hydrogen-bond donors (Lipinski definition) is 0. The number of fused-ring (bicyclic) bond motifs is 9. The Kier molecular flexibility index (Phi) is 10.7. The molecule has 0 saturated carbocycles. The second-order valence-corrected chi connectivity index (χ2v) is 24.7. The summed E-state index contributed by atoms with van der Waals surface area (Å²) in [7, 11) is 0. The van der Waals surface area contributed by atoms with Crippen molar-refractivity contribution in [3.05, 3.63) is 192 Å². The molecule has 4 heterocycles. The monoisotopic (exact) mass is 978 g/mol. The molecule has 370 valence electrons. The fraction of sp³-hybridized carbons (Fsp3) is 0.232. The van der Waals surface area contributed by atoms with Crippen molar-refractivity contribution in [1.29, 1.82) is 5.26 Å². The van der Waals surface area contributed by atoms with Crippen LogP contribution in [0.2, 0.25) is 0 Å². The normalized spacial score (nSPS) is 12.8. The van der Waals surface area contributed by atoms with Crippen molar-refractivity contribution in [1.82, 2.24) is 19.1 Å². The highest BCUT2D eigenvalue weighted by Gasteiger charge is 2.30. The van der Waals surface area contributed by atoms with Gasteiger partial charge in [0, 0.05) is 38.1 Å². The van der Waals surface area contributed by atoms with Gasteiger partial charge < -0.3 is 13.6 Å². The third-order valence-corrected chi connectivity index (χ3v) is 15.4. The first-order chi connectivity index (χ1) is 35.7. The van der Waals surface area contributed by atoms with Crippen LogP contribution < -0.4 is 0 Å². The molecule has 8 aromatic carbocycles. The molecule has 0 radical (unpaired) electrons. The molecular weight excluding hydrogens is 915 g/mol. The molecule has 0 unspecified atom stereocenters. The lowest BCUT2D eigenvalue weighted by Crippen LogP contribution is -2.10. The summed E-state index contributed by atoms with van der Waals surface area (Å²) in [5, 5.41) is 18.1. The van der Waals surface area contributed by atoms with Gasteiger partial charge in [-0.25, -0.2) is 9.97 Å². The Labute approximate surface area is 439 Å². The molecule has 0 aliphatic carbocycles. The molecule has 6 nitrogen and oxygen atoms in total. The molecule has 0 N–H and O–H groups in total. The van der Waals surface area contributed by atoms with Gasteiger partial charge in [0.1, 0.15) is 11.7 Å². The molecule has 0 atom stereocenters. The third kappa shape index (κ3) is 7.91. The van der Waals surface area contributed by atoms with Crippen LogP contribution in [0.25, 0.3) is 111 Å². The third-order valence-electron chi connectivity index (χ3n) is 15.4.